The van der Waals surface area contributed by atoms with Crippen molar-refractivity contribution in [2.45, 2.75) is 6.54 Å². The van der Waals surface area contributed by atoms with E-state index in [2.05, 4.69) is 44.0 Å². The monoisotopic (exact) mass is 506 g/mol. The van der Waals surface area contributed by atoms with Crippen molar-refractivity contribution in [3.8, 4) is 16.9 Å². The summed E-state index contributed by atoms with van der Waals surface area (Å²) in [6.45, 7) is 4.54. The number of nitrogens with zero attached hydrogens (tertiary/aromatic N) is 6. The molecule has 4 heterocycles. The van der Waals surface area contributed by atoms with Gasteiger partial charge in [0.25, 0.3) is 5.91 Å². The van der Waals surface area contributed by atoms with Gasteiger partial charge in [0.05, 0.1) is 10.6 Å². The van der Waals surface area contributed by atoms with E-state index < -0.39 is 0 Å². The van der Waals surface area contributed by atoms with Crippen LogP contribution in [0.3, 0.4) is 0 Å². The van der Waals surface area contributed by atoms with Gasteiger partial charge in [-0.15, -0.1) is 0 Å². The van der Waals surface area contributed by atoms with Gasteiger partial charge in [-0.05, 0) is 47.7 Å². The highest BCUT2D eigenvalue weighted by molar-refractivity contribution is 8.18. The van der Waals surface area contributed by atoms with E-state index in [4.69, 9.17) is 5.10 Å². The minimum Gasteiger partial charge on any atom is -0.348 e. The highest BCUT2D eigenvalue weighted by Crippen LogP contribution is 2.33. The molecule has 184 valence electrons. The number of hydrogen-bond donors (Lipinski definition) is 0. The van der Waals surface area contributed by atoms with Crippen LogP contribution in [0.15, 0.2) is 101 Å². The Hall–Kier alpha value is -4.01. The molecule has 0 unspecified atom stereocenters. The summed E-state index contributed by atoms with van der Waals surface area (Å²) in [7, 11) is 0. The van der Waals surface area contributed by atoms with Gasteiger partial charge in [-0.25, -0.2) is 4.68 Å². The molecule has 0 spiro atoms. The summed E-state index contributed by atoms with van der Waals surface area (Å²) in [5.41, 5.74) is 4.90. The Labute approximate surface area is 220 Å². The van der Waals surface area contributed by atoms with Gasteiger partial charge in [-0.3, -0.25) is 14.7 Å². The molecule has 7 nitrogen and oxygen atoms in total. The molecule has 2 aromatic heterocycles. The standard InChI is InChI=1S/C29H26N6OS/c36-28-26(37-29(31-28)34-17-15-33(16-18-34)20-22-7-3-1-4-8-22)19-24-21-35(25-9-5-2-6-10-25)32-27(24)23-11-13-30-14-12-23/h1-14,19,21H,15-18,20H2/b26-19-. The number of aliphatic imine (C=N–C) groups is 1. The van der Waals surface area contributed by atoms with Crippen LogP contribution in [0, 0.1) is 0 Å². The fourth-order valence-electron chi connectivity index (χ4n) is 4.55. The van der Waals surface area contributed by atoms with E-state index in [-0.39, 0.29) is 5.91 Å². The SMILES string of the molecule is O=C1N=C(N2CCN(Cc3ccccc3)CC2)S/C1=C\c1cn(-c2ccccc2)nc1-c1ccncc1. The van der Waals surface area contributed by atoms with Crippen LogP contribution in [0.5, 0.6) is 0 Å². The normalized spacial score (nSPS) is 17.4. The number of para-hydroxylation sites is 1. The average molecular weight is 507 g/mol. The zero-order chi connectivity index (χ0) is 25.0. The number of piperazine rings is 1. The van der Waals surface area contributed by atoms with Crippen LogP contribution < -0.4 is 0 Å². The molecule has 1 saturated heterocycles. The Morgan fingerprint density at radius 3 is 2.30 bits per heavy atom. The van der Waals surface area contributed by atoms with Gasteiger partial charge in [0, 0.05) is 62.4 Å². The lowest BCUT2D eigenvalue weighted by Gasteiger charge is -2.35. The van der Waals surface area contributed by atoms with Crippen molar-refractivity contribution in [1.82, 2.24) is 24.6 Å². The fraction of sp³-hybridized carbons (Fsp3) is 0.172. The number of rotatable bonds is 5. The maximum absolute atomic E-state index is 12.9. The van der Waals surface area contributed by atoms with Crippen LogP contribution in [0.2, 0.25) is 0 Å². The van der Waals surface area contributed by atoms with E-state index in [0.29, 0.717) is 4.91 Å². The Balaban J connectivity index is 1.19. The minimum atomic E-state index is -0.195. The molecular formula is C29H26N6OS. The summed E-state index contributed by atoms with van der Waals surface area (Å²) < 4.78 is 1.85. The van der Waals surface area contributed by atoms with Gasteiger partial charge in [0.1, 0.15) is 5.69 Å². The van der Waals surface area contributed by atoms with Crippen molar-refractivity contribution >= 4 is 28.9 Å². The molecule has 1 fully saturated rings. The molecule has 0 N–H and O–H groups in total. The number of carbonyl (C=O) groups is 1. The van der Waals surface area contributed by atoms with Crippen molar-refractivity contribution in [3.63, 3.8) is 0 Å². The van der Waals surface area contributed by atoms with Gasteiger partial charge in [-0.1, -0.05) is 48.5 Å². The zero-order valence-corrected chi connectivity index (χ0v) is 21.1. The van der Waals surface area contributed by atoms with E-state index in [9.17, 15) is 4.79 Å². The second-order valence-corrected chi connectivity index (χ2v) is 10.0. The van der Waals surface area contributed by atoms with Crippen LogP contribution in [0.4, 0.5) is 0 Å². The first-order valence-corrected chi connectivity index (χ1v) is 13.1. The first kappa shape index (κ1) is 23.4. The van der Waals surface area contributed by atoms with Gasteiger partial charge in [0.15, 0.2) is 5.17 Å². The second kappa shape index (κ2) is 10.5. The number of pyridine rings is 1. The summed E-state index contributed by atoms with van der Waals surface area (Å²) in [5.74, 6) is -0.195. The molecule has 8 heteroatoms. The summed E-state index contributed by atoms with van der Waals surface area (Å²) in [5, 5.41) is 5.63. The summed E-state index contributed by atoms with van der Waals surface area (Å²) in [4.78, 5) is 26.7. The van der Waals surface area contributed by atoms with E-state index in [1.54, 1.807) is 12.4 Å². The second-order valence-electron chi connectivity index (χ2n) is 9.01. The number of thioether (sulfide) groups is 1. The van der Waals surface area contributed by atoms with Gasteiger partial charge in [0.2, 0.25) is 0 Å². The highest BCUT2D eigenvalue weighted by Gasteiger charge is 2.29. The van der Waals surface area contributed by atoms with E-state index in [1.165, 1.54) is 17.3 Å². The van der Waals surface area contributed by atoms with E-state index in [1.807, 2.05) is 65.5 Å². The first-order valence-electron chi connectivity index (χ1n) is 12.3. The lowest BCUT2D eigenvalue weighted by atomic mass is 10.1. The van der Waals surface area contributed by atoms with Crippen LogP contribution in [0.25, 0.3) is 23.0 Å². The van der Waals surface area contributed by atoms with Crippen molar-refractivity contribution in [3.05, 3.63) is 107 Å². The van der Waals surface area contributed by atoms with Crippen molar-refractivity contribution in [2.75, 3.05) is 26.2 Å². The Bertz CT molecular complexity index is 1440. The molecule has 2 aliphatic rings. The number of aromatic nitrogens is 3. The average Bonchev–Trinajstić information content (AvgIpc) is 3.54. The van der Waals surface area contributed by atoms with Crippen LogP contribution in [-0.2, 0) is 11.3 Å². The molecular weight excluding hydrogens is 480 g/mol. The predicted octanol–water partition coefficient (Wildman–Crippen LogP) is 4.72. The molecule has 1 amide bonds. The molecule has 0 aliphatic carbocycles. The molecule has 6 rings (SSSR count). The summed E-state index contributed by atoms with van der Waals surface area (Å²) in [6.07, 6.45) is 7.38. The van der Waals surface area contributed by atoms with Crippen LogP contribution in [-0.4, -0.2) is 61.8 Å². The number of amides is 1. The van der Waals surface area contributed by atoms with Crippen molar-refractivity contribution in [2.24, 2.45) is 4.99 Å². The largest absolute Gasteiger partial charge is 0.348 e. The van der Waals surface area contributed by atoms with Crippen LogP contribution >= 0.6 is 11.8 Å². The minimum absolute atomic E-state index is 0.195. The van der Waals surface area contributed by atoms with Gasteiger partial charge < -0.3 is 4.90 Å². The van der Waals surface area contributed by atoms with Crippen molar-refractivity contribution in [1.29, 1.82) is 0 Å². The third kappa shape index (κ3) is 5.26. The number of carbonyl (C=O) groups excluding carboxylic acids is 1. The molecule has 4 aromatic rings. The summed E-state index contributed by atoms with van der Waals surface area (Å²) >= 11 is 1.45. The van der Waals surface area contributed by atoms with Gasteiger partial charge in [-0.2, -0.15) is 10.1 Å². The highest BCUT2D eigenvalue weighted by atomic mass is 32.2. The number of benzene rings is 2. The topological polar surface area (TPSA) is 66.6 Å². The molecule has 0 saturated carbocycles. The Kier molecular flexibility index (Phi) is 6.66. The van der Waals surface area contributed by atoms with E-state index >= 15 is 0 Å². The molecule has 2 aromatic carbocycles. The first-order chi connectivity index (χ1) is 18.2. The molecule has 0 radical (unpaired) electrons. The molecule has 0 atom stereocenters. The fourth-order valence-corrected chi connectivity index (χ4v) is 5.51. The lowest BCUT2D eigenvalue weighted by molar-refractivity contribution is -0.113. The van der Waals surface area contributed by atoms with E-state index in [0.717, 1.165) is 60.4 Å². The molecule has 37 heavy (non-hydrogen) atoms. The molecule has 2 aliphatic heterocycles. The number of amidine groups is 1. The van der Waals surface area contributed by atoms with Gasteiger partial charge >= 0.3 is 0 Å². The zero-order valence-electron chi connectivity index (χ0n) is 20.3. The van der Waals surface area contributed by atoms with Crippen molar-refractivity contribution < 1.29 is 4.79 Å². The predicted molar refractivity (Wildman–Crippen MR) is 148 cm³/mol. The maximum Gasteiger partial charge on any atom is 0.286 e. The third-order valence-corrected chi connectivity index (χ3v) is 7.55. The Morgan fingerprint density at radius 2 is 1.57 bits per heavy atom. The maximum atomic E-state index is 12.9. The molecule has 0 bridgehead atoms. The lowest BCUT2D eigenvalue weighted by Crippen LogP contribution is -2.47. The third-order valence-electron chi connectivity index (χ3n) is 6.50. The summed E-state index contributed by atoms with van der Waals surface area (Å²) in [6, 6.07) is 24.4. The smallest absolute Gasteiger partial charge is 0.286 e. The quantitative estimate of drug-likeness (QED) is 0.365. The Morgan fingerprint density at radius 1 is 0.865 bits per heavy atom. The van der Waals surface area contributed by atoms with Crippen LogP contribution in [0.1, 0.15) is 11.1 Å². The number of hydrogen-bond acceptors (Lipinski definition) is 6.